The topological polar surface area (TPSA) is 86.1 Å². The third-order valence-electron chi connectivity index (χ3n) is 5.13. The van der Waals surface area contributed by atoms with Crippen LogP contribution in [0.3, 0.4) is 0 Å². The summed E-state index contributed by atoms with van der Waals surface area (Å²) in [7, 11) is 1.96. The number of esters is 1. The third-order valence-corrected chi connectivity index (χ3v) is 6.15. The van der Waals surface area contributed by atoms with E-state index in [1.54, 1.807) is 31.2 Å². The summed E-state index contributed by atoms with van der Waals surface area (Å²) in [6.45, 7) is 2.10. The molecule has 0 aliphatic heterocycles. The lowest BCUT2D eigenvalue weighted by molar-refractivity contribution is -0.113. The van der Waals surface area contributed by atoms with Crippen molar-refractivity contribution in [3.63, 3.8) is 0 Å². The van der Waals surface area contributed by atoms with Crippen molar-refractivity contribution in [3.8, 4) is 0 Å². The fourth-order valence-corrected chi connectivity index (χ4v) is 4.26. The Morgan fingerprint density at radius 1 is 1.17 bits per heavy atom. The van der Waals surface area contributed by atoms with E-state index in [4.69, 9.17) is 4.74 Å². The SMILES string of the molecule is CCOC(=O)c1ccc(NC(=O)CSc2nnc(CC3CCCCC3)n2C)cc1. The number of nitrogens with one attached hydrogen (secondary N) is 1. The van der Waals surface area contributed by atoms with Gasteiger partial charge >= 0.3 is 5.97 Å². The lowest BCUT2D eigenvalue weighted by atomic mass is 9.87. The molecule has 1 aromatic heterocycles. The molecule has 2 aromatic rings. The molecule has 1 fully saturated rings. The van der Waals surface area contributed by atoms with E-state index in [1.807, 2.05) is 11.6 Å². The van der Waals surface area contributed by atoms with Crippen LogP contribution >= 0.6 is 11.8 Å². The van der Waals surface area contributed by atoms with Crippen molar-refractivity contribution in [2.45, 2.75) is 50.6 Å². The molecule has 1 saturated carbocycles. The number of thioether (sulfide) groups is 1. The van der Waals surface area contributed by atoms with Gasteiger partial charge in [0, 0.05) is 19.2 Å². The largest absolute Gasteiger partial charge is 0.462 e. The molecule has 0 bridgehead atoms. The molecule has 1 aliphatic rings. The fraction of sp³-hybridized carbons (Fsp3) is 0.524. The fourth-order valence-electron chi connectivity index (χ4n) is 3.53. The lowest BCUT2D eigenvalue weighted by Crippen LogP contribution is -2.15. The smallest absolute Gasteiger partial charge is 0.338 e. The maximum atomic E-state index is 12.3. The summed E-state index contributed by atoms with van der Waals surface area (Å²) in [5, 5.41) is 12.2. The molecule has 7 nitrogen and oxygen atoms in total. The highest BCUT2D eigenvalue weighted by Gasteiger charge is 2.18. The van der Waals surface area contributed by atoms with E-state index in [2.05, 4.69) is 15.5 Å². The van der Waals surface area contributed by atoms with Crippen LogP contribution in [-0.4, -0.2) is 39.0 Å². The number of anilines is 1. The van der Waals surface area contributed by atoms with Crippen LogP contribution in [0, 0.1) is 5.92 Å². The van der Waals surface area contributed by atoms with Gasteiger partial charge in [0.15, 0.2) is 5.16 Å². The van der Waals surface area contributed by atoms with E-state index in [1.165, 1.54) is 43.9 Å². The normalized spacial score (nSPS) is 14.6. The van der Waals surface area contributed by atoms with Crippen molar-refractivity contribution in [1.29, 1.82) is 0 Å². The van der Waals surface area contributed by atoms with E-state index < -0.39 is 0 Å². The second-order valence-corrected chi connectivity index (χ2v) is 8.24. The summed E-state index contributed by atoms with van der Waals surface area (Å²) in [6, 6.07) is 6.67. The average Bonchev–Trinajstić information content (AvgIpc) is 3.07. The number of rotatable bonds is 8. The van der Waals surface area contributed by atoms with Crippen LogP contribution in [0.15, 0.2) is 29.4 Å². The van der Waals surface area contributed by atoms with Gasteiger partial charge < -0.3 is 14.6 Å². The van der Waals surface area contributed by atoms with Crippen LogP contribution in [-0.2, 0) is 23.0 Å². The minimum absolute atomic E-state index is 0.129. The van der Waals surface area contributed by atoms with E-state index in [-0.39, 0.29) is 17.6 Å². The number of carbonyl (C=O) groups is 2. The standard InChI is InChI=1S/C21H28N4O3S/c1-3-28-20(27)16-9-11-17(12-10-16)22-19(26)14-29-21-24-23-18(25(21)2)13-15-7-5-4-6-8-15/h9-12,15H,3-8,13-14H2,1-2H3,(H,22,26). The first-order valence-corrected chi connectivity index (χ1v) is 11.1. The zero-order chi connectivity index (χ0) is 20.6. The Kier molecular flexibility index (Phi) is 7.69. The molecule has 1 heterocycles. The molecule has 3 rings (SSSR count). The number of benzene rings is 1. The van der Waals surface area contributed by atoms with Gasteiger partial charge in [0.2, 0.25) is 5.91 Å². The van der Waals surface area contributed by atoms with Crippen molar-refractivity contribution in [2.75, 3.05) is 17.7 Å². The number of hydrogen-bond donors (Lipinski definition) is 1. The quantitative estimate of drug-likeness (QED) is 0.520. The molecule has 0 atom stereocenters. The molecule has 1 amide bonds. The van der Waals surface area contributed by atoms with Gasteiger partial charge in [0.05, 0.1) is 17.9 Å². The molecule has 8 heteroatoms. The maximum Gasteiger partial charge on any atom is 0.338 e. The van der Waals surface area contributed by atoms with Gasteiger partial charge in [-0.1, -0.05) is 43.9 Å². The van der Waals surface area contributed by atoms with Crippen molar-refractivity contribution in [3.05, 3.63) is 35.7 Å². The number of amides is 1. The van der Waals surface area contributed by atoms with Gasteiger partial charge in [-0.25, -0.2) is 4.79 Å². The number of hydrogen-bond acceptors (Lipinski definition) is 6. The predicted molar refractivity (Wildman–Crippen MR) is 113 cm³/mol. The average molecular weight is 417 g/mol. The monoisotopic (exact) mass is 416 g/mol. The summed E-state index contributed by atoms with van der Waals surface area (Å²) < 4.78 is 6.95. The minimum atomic E-state index is -0.368. The van der Waals surface area contributed by atoms with Gasteiger partial charge in [-0.05, 0) is 37.1 Å². The molecular formula is C21H28N4O3S. The van der Waals surface area contributed by atoms with E-state index >= 15 is 0 Å². The number of nitrogens with zero attached hydrogens (tertiary/aromatic N) is 3. The molecule has 156 valence electrons. The van der Waals surface area contributed by atoms with Crippen LogP contribution in [0.4, 0.5) is 5.69 Å². The molecule has 0 unspecified atom stereocenters. The Morgan fingerprint density at radius 3 is 2.59 bits per heavy atom. The van der Waals surface area contributed by atoms with Crippen molar-refractivity contribution in [2.24, 2.45) is 13.0 Å². The Hall–Kier alpha value is -2.35. The zero-order valence-electron chi connectivity index (χ0n) is 17.0. The molecule has 0 radical (unpaired) electrons. The minimum Gasteiger partial charge on any atom is -0.462 e. The molecule has 1 aromatic carbocycles. The summed E-state index contributed by atoms with van der Waals surface area (Å²) in [6.07, 6.45) is 7.47. The number of aromatic nitrogens is 3. The van der Waals surface area contributed by atoms with Crippen molar-refractivity contribution in [1.82, 2.24) is 14.8 Å². The van der Waals surface area contributed by atoms with Crippen LogP contribution < -0.4 is 5.32 Å². The summed E-state index contributed by atoms with van der Waals surface area (Å²) >= 11 is 1.38. The summed E-state index contributed by atoms with van der Waals surface area (Å²) in [4.78, 5) is 23.9. The highest BCUT2D eigenvalue weighted by atomic mass is 32.2. The van der Waals surface area contributed by atoms with Crippen LogP contribution in [0.1, 0.15) is 55.2 Å². The van der Waals surface area contributed by atoms with Gasteiger partial charge in [0.25, 0.3) is 0 Å². The van der Waals surface area contributed by atoms with Crippen molar-refractivity contribution < 1.29 is 14.3 Å². The highest BCUT2D eigenvalue weighted by molar-refractivity contribution is 7.99. The molecular weight excluding hydrogens is 388 g/mol. The molecule has 0 spiro atoms. The van der Waals surface area contributed by atoms with Gasteiger partial charge in [0.1, 0.15) is 5.82 Å². The Labute approximate surface area is 175 Å². The lowest BCUT2D eigenvalue weighted by Gasteiger charge is -2.20. The van der Waals surface area contributed by atoms with Crippen LogP contribution in [0.5, 0.6) is 0 Å². The Balaban J connectivity index is 1.48. The second-order valence-electron chi connectivity index (χ2n) is 7.30. The van der Waals surface area contributed by atoms with Gasteiger partial charge in [-0.15, -0.1) is 10.2 Å². The number of ether oxygens (including phenoxy) is 1. The maximum absolute atomic E-state index is 12.3. The number of carbonyl (C=O) groups excluding carboxylic acids is 2. The molecule has 0 saturated heterocycles. The Bertz CT molecular complexity index is 829. The van der Waals surface area contributed by atoms with E-state index in [9.17, 15) is 9.59 Å². The van der Waals surface area contributed by atoms with Gasteiger partial charge in [-0.3, -0.25) is 4.79 Å². The molecule has 1 N–H and O–H groups in total. The summed E-state index contributed by atoms with van der Waals surface area (Å²) in [5.41, 5.74) is 1.10. The molecule has 1 aliphatic carbocycles. The molecule has 29 heavy (non-hydrogen) atoms. The zero-order valence-corrected chi connectivity index (χ0v) is 17.8. The first-order valence-electron chi connectivity index (χ1n) is 10.1. The Morgan fingerprint density at radius 2 is 1.90 bits per heavy atom. The second kappa shape index (κ2) is 10.4. The first kappa shape index (κ1) is 21.4. The van der Waals surface area contributed by atoms with Crippen LogP contribution in [0.2, 0.25) is 0 Å². The van der Waals surface area contributed by atoms with Crippen LogP contribution in [0.25, 0.3) is 0 Å². The van der Waals surface area contributed by atoms with Crippen molar-refractivity contribution >= 4 is 29.3 Å². The first-order chi connectivity index (χ1) is 14.1. The van der Waals surface area contributed by atoms with Gasteiger partial charge in [-0.2, -0.15) is 0 Å². The summed E-state index contributed by atoms with van der Waals surface area (Å²) in [5.74, 6) is 1.44. The van der Waals surface area contributed by atoms with E-state index in [0.717, 1.165) is 17.4 Å². The highest BCUT2D eigenvalue weighted by Crippen LogP contribution is 2.27. The third kappa shape index (κ3) is 6.06. The predicted octanol–water partition coefficient (Wildman–Crippen LogP) is 3.85. The van der Waals surface area contributed by atoms with E-state index in [0.29, 0.717) is 23.8 Å².